The van der Waals surface area contributed by atoms with Crippen LogP contribution in [0.2, 0.25) is 0 Å². The van der Waals surface area contributed by atoms with Crippen LogP contribution in [0.3, 0.4) is 0 Å². The van der Waals surface area contributed by atoms with E-state index < -0.39 is 11.1 Å². The van der Waals surface area contributed by atoms with Crippen molar-refractivity contribution in [2.45, 2.75) is 24.9 Å². The second-order valence-electron chi connectivity index (χ2n) is 10.4. The molecule has 4 aromatic rings. The van der Waals surface area contributed by atoms with E-state index in [1.165, 1.54) is 6.07 Å². The van der Waals surface area contributed by atoms with Crippen molar-refractivity contribution in [1.82, 2.24) is 4.90 Å². The Morgan fingerprint density at radius 1 is 0.763 bits per heavy atom. The minimum Gasteiger partial charge on any atom is -0.347 e. The lowest BCUT2D eigenvalue weighted by molar-refractivity contribution is 0.0627. The maximum absolute atomic E-state index is 14.7. The van der Waals surface area contributed by atoms with Gasteiger partial charge in [0, 0.05) is 23.7 Å². The van der Waals surface area contributed by atoms with Crippen LogP contribution in [0, 0.1) is 5.82 Å². The molecular weight excluding hydrogens is 471 g/mol. The first-order valence-electron chi connectivity index (χ1n) is 12.8. The molecule has 0 radical (unpaired) electrons. The summed E-state index contributed by atoms with van der Waals surface area (Å²) in [5, 5.41) is 0. The van der Waals surface area contributed by atoms with Crippen LogP contribution >= 0.6 is 0 Å². The monoisotopic (exact) mass is 500 g/mol. The number of halogens is 1. The fourth-order valence-electron chi connectivity index (χ4n) is 6.12. The Labute approximate surface area is 223 Å². The van der Waals surface area contributed by atoms with E-state index in [-0.39, 0.29) is 11.7 Å². The van der Waals surface area contributed by atoms with Gasteiger partial charge >= 0.3 is 0 Å². The lowest BCUT2D eigenvalue weighted by Crippen LogP contribution is -2.66. The van der Waals surface area contributed by atoms with E-state index in [2.05, 4.69) is 43.0 Å². The van der Waals surface area contributed by atoms with Crippen molar-refractivity contribution in [2.24, 2.45) is 0 Å². The molecule has 188 valence electrons. The summed E-state index contributed by atoms with van der Waals surface area (Å²) in [5.41, 5.74) is 4.53. The Balaban J connectivity index is 1.69. The van der Waals surface area contributed by atoms with Crippen LogP contribution in [0.4, 0.5) is 10.1 Å². The summed E-state index contributed by atoms with van der Waals surface area (Å²) < 4.78 is 14.7. The zero-order valence-electron chi connectivity index (χ0n) is 21.7. The average molecular weight is 501 g/mol. The van der Waals surface area contributed by atoms with Gasteiger partial charge in [-0.1, -0.05) is 92.7 Å². The molecule has 1 unspecified atom stereocenters. The molecule has 2 aliphatic rings. The predicted molar refractivity (Wildman–Crippen MR) is 152 cm³/mol. The van der Waals surface area contributed by atoms with E-state index in [1.807, 2.05) is 96.9 Å². The first-order valence-corrected chi connectivity index (χ1v) is 12.8. The molecule has 0 bridgehead atoms. The van der Waals surface area contributed by atoms with Crippen LogP contribution < -0.4 is 4.90 Å². The summed E-state index contributed by atoms with van der Waals surface area (Å²) in [7, 11) is 2.00. The summed E-state index contributed by atoms with van der Waals surface area (Å²) in [5.74, 6) is -0.401. The van der Waals surface area contributed by atoms with E-state index in [4.69, 9.17) is 0 Å². The number of nitrogens with zero attached hydrogens (tertiary/aromatic N) is 2. The number of allylic oxidation sites excluding steroid dienone is 2. The van der Waals surface area contributed by atoms with Crippen LogP contribution in [0.1, 0.15) is 40.9 Å². The summed E-state index contributed by atoms with van der Waals surface area (Å²) in [6, 6.07) is 34.5. The van der Waals surface area contributed by atoms with Crippen molar-refractivity contribution < 1.29 is 9.18 Å². The van der Waals surface area contributed by atoms with Crippen LogP contribution in [0.5, 0.6) is 0 Å². The third-order valence-corrected chi connectivity index (χ3v) is 8.06. The Morgan fingerprint density at radius 3 is 1.97 bits per heavy atom. The fourth-order valence-corrected chi connectivity index (χ4v) is 6.12. The first kappa shape index (κ1) is 23.9. The molecule has 0 aliphatic carbocycles. The zero-order valence-corrected chi connectivity index (χ0v) is 21.7. The number of benzene rings is 4. The molecule has 0 saturated carbocycles. The van der Waals surface area contributed by atoms with E-state index in [0.29, 0.717) is 5.56 Å². The topological polar surface area (TPSA) is 23.6 Å². The molecule has 0 saturated heterocycles. The Bertz CT molecular complexity index is 1580. The highest BCUT2D eigenvalue weighted by molar-refractivity contribution is 6.04. The van der Waals surface area contributed by atoms with Crippen molar-refractivity contribution in [3.05, 3.63) is 149 Å². The van der Waals surface area contributed by atoms with Gasteiger partial charge in [-0.05, 0) is 64.7 Å². The van der Waals surface area contributed by atoms with Gasteiger partial charge in [-0.2, -0.15) is 0 Å². The number of hydrogen-bond acceptors (Lipinski definition) is 2. The molecule has 1 spiro atoms. The van der Waals surface area contributed by atoms with Gasteiger partial charge in [0.05, 0.1) is 5.70 Å². The molecule has 2 aliphatic heterocycles. The summed E-state index contributed by atoms with van der Waals surface area (Å²) in [4.78, 5) is 18.7. The minimum atomic E-state index is -0.957. The smallest absolute Gasteiger partial charge is 0.260 e. The van der Waals surface area contributed by atoms with Crippen LogP contribution in [-0.4, -0.2) is 23.5 Å². The highest BCUT2D eigenvalue weighted by Gasteiger charge is 2.61. The van der Waals surface area contributed by atoms with Gasteiger partial charge in [0.15, 0.2) is 0 Å². The standard InChI is InChI=1S/C34H29FN2O/c1-33(2)29-22-28(35)19-20-30(29)36(3)34(33)23-27(24-13-7-4-8-14-24)21-31(25-15-9-5-10-16-25)37(34)32(38)26-17-11-6-12-18-26/h4-23H,1-3H3. The van der Waals surface area contributed by atoms with Gasteiger partial charge in [0.2, 0.25) is 0 Å². The van der Waals surface area contributed by atoms with Crippen LogP contribution in [0.15, 0.2) is 121 Å². The molecule has 3 nitrogen and oxygen atoms in total. The Kier molecular flexibility index (Phi) is 5.57. The second-order valence-corrected chi connectivity index (χ2v) is 10.4. The van der Waals surface area contributed by atoms with Crippen LogP contribution in [-0.2, 0) is 5.41 Å². The maximum atomic E-state index is 14.7. The number of rotatable bonds is 3. The maximum Gasteiger partial charge on any atom is 0.260 e. The van der Waals surface area contributed by atoms with Gasteiger partial charge in [0.25, 0.3) is 5.91 Å². The Hall–Kier alpha value is -4.44. The first-order chi connectivity index (χ1) is 18.3. The molecule has 6 rings (SSSR count). The van der Waals surface area contributed by atoms with E-state index in [0.717, 1.165) is 33.6 Å². The summed E-state index contributed by atoms with van der Waals surface area (Å²) in [6.07, 6.45) is 4.29. The molecule has 0 fully saturated rings. The van der Waals surface area contributed by atoms with Crippen molar-refractivity contribution in [3.8, 4) is 0 Å². The Morgan fingerprint density at radius 2 is 1.34 bits per heavy atom. The van der Waals surface area contributed by atoms with Crippen molar-refractivity contribution in [1.29, 1.82) is 0 Å². The van der Waals surface area contributed by atoms with Gasteiger partial charge in [-0.25, -0.2) is 4.39 Å². The van der Waals surface area contributed by atoms with Crippen molar-refractivity contribution in [3.63, 3.8) is 0 Å². The lowest BCUT2D eigenvalue weighted by Gasteiger charge is -2.54. The number of amides is 1. The number of carbonyl (C=O) groups is 1. The summed E-state index contributed by atoms with van der Waals surface area (Å²) in [6.45, 7) is 4.21. The predicted octanol–water partition coefficient (Wildman–Crippen LogP) is 7.53. The van der Waals surface area contributed by atoms with Crippen molar-refractivity contribution in [2.75, 3.05) is 11.9 Å². The van der Waals surface area contributed by atoms with E-state index in [9.17, 15) is 9.18 Å². The van der Waals surface area contributed by atoms with Crippen molar-refractivity contribution >= 4 is 22.9 Å². The number of carbonyl (C=O) groups excluding carboxylic acids is 1. The number of fused-ring (bicyclic) bond motifs is 1. The second kappa shape index (κ2) is 8.84. The average Bonchev–Trinajstić information content (AvgIpc) is 3.11. The van der Waals surface area contributed by atoms with E-state index >= 15 is 0 Å². The quantitative estimate of drug-likeness (QED) is 0.290. The SMILES string of the molecule is CN1c2ccc(F)cc2C(C)(C)C12C=C(c1ccccc1)C=C(c1ccccc1)N2C(=O)c1ccccc1. The molecule has 1 atom stereocenters. The normalized spacial score (nSPS) is 19.7. The zero-order chi connectivity index (χ0) is 26.5. The summed E-state index contributed by atoms with van der Waals surface area (Å²) >= 11 is 0. The fraction of sp³-hybridized carbons (Fsp3) is 0.147. The lowest BCUT2D eigenvalue weighted by atomic mass is 9.71. The molecule has 0 N–H and O–H groups in total. The third-order valence-electron chi connectivity index (χ3n) is 8.06. The molecule has 38 heavy (non-hydrogen) atoms. The highest BCUT2D eigenvalue weighted by atomic mass is 19.1. The van der Waals surface area contributed by atoms with Gasteiger partial charge < -0.3 is 4.90 Å². The highest BCUT2D eigenvalue weighted by Crippen LogP contribution is 2.57. The van der Waals surface area contributed by atoms with Gasteiger partial charge in [-0.3, -0.25) is 9.69 Å². The molecule has 4 aromatic carbocycles. The number of anilines is 1. The molecule has 4 heteroatoms. The molecule has 0 aromatic heterocycles. The number of likely N-dealkylation sites (N-methyl/N-ethyl adjacent to an activating group) is 1. The molecule has 2 heterocycles. The van der Waals surface area contributed by atoms with E-state index in [1.54, 1.807) is 6.07 Å². The number of hydrogen-bond donors (Lipinski definition) is 0. The van der Waals surface area contributed by atoms with Crippen LogP contribution in [0.25, 0.3) is 11.3 Å². The largest absolute Gasteiger partial charge is 0.347 e. The van der Waals surface area contributed by atoms with Gasteiger partial charge in [-0.15, -0.1) is 0 Å². The molecular formula is C34H29FN2O. The third kappa shape index (κ3) is 3.44. The van der Waals surface area contributed by atoms with Gasteiger partial charge in [0.1, 0.15) is 11.5 Å². The minimum absolute atomic E-state index is 0.114. The molecule has 1 amide bonds.